The van der Waals surface area contributed by atoms with Gasteiger partial charge in [0.15, 0.2) is 0 Å². The predicted octanol–water partition coefficient (Wildman–Crippen LogP) is 1.77. The smallest absolute Gasteiger partial charge is 0.349 e. The molecule has 1 aromatic rings. The van der Waals surface area contributed by atoms with Gasteiger partial charge in [0.2, 0.25) is 5.91 Å². The van der Waals surface area contributed by atoms with Gasteiger partial charge < -0.3 is 14.2 Å². The number of likely N-dealkylation sites (tertiary alicyclic amines) is 2. The Hall–Kier alpha value is -2.11. The maximum Gasteiger partial charge on any atom is 0.349 e. The first kappa shape index (κ1) is 16.4. The highest BCUT2D eigenvalue weighted by molar-refractivity contribution is 5.96. The van der Waals surface area contributed by atoms with Gasteiger partial charge in [0.25, 0.3) is 5.91 Å². The van der Waals surface area contributed by atoms with Crippen molar-refractivity contribution in [3.63, 3.8) is 0 Å². The van der Waals surface area contributed by atoms with Crippen molar-refractivity contribution in [2.24, 2.45) is 11.8 Å². The lowest BCUT2D eigenvalue weighted by Crippen LogP contribution is -2.42. The van der Waals surface area contributed by atoms with Crippen molar-refractivity contribution in [3.8, 4) is 0 Å². The lowest BCUT2D eigenvalue weighted by Gasteiger charge is -2.30. The van der Waals surface area contributed by atoms with Crippen LogP contribution in [0.5, 0.6) is 0 Å². The van der Waals surface area contributed by atoms with Crippen molar-refractivity contribution in [1.82, 2.24) is 9.80 Å². The molecule has 2 amide bonds. The van der Waals surface area contributed by atoms with E-state index in [0.717, 1.165) is 32.2 Å². The van der Waals surface area contributed by atoms with Crippen LogP contribution >= 0.6 is 0 Å². The molecular weight excluding hydrogens is 320 g/mol. The van der Waals surface area contributed by atoms with E-state index < -0.39 is 5.63 Å². The van der Waals surface area contributed by atoms with Gasteiger partial charge in [-0.3, -0.25) is 9.59 Å². The summed E-state index contributed by atoms with van der Waals surface area (Å²) in [5, 5.41) is 0. The number of amides is 2. The van der Waals surface area contributed by atoms with Gasteiger partial charge >= 0.3 is 5.63 Å². The molecule has 3 heterocycles. The van der Waals surface area contributed by atoms with E-state index in [-0.39, 0.29) is 29.2 Å². The molecule has 134 valence electrons. The molecule has 6 nitrogen and oxygen atoms in total. The van der Waals surface area contributed by atoms with Gasteiger partial charge in [-0.2, -0.15) is 0 Å². The highest BCUT2D eigenvalue weighted by Crippen LogP contribution is 2.36. The van der Waals surface area contributed by atoms with Gasteiger partial charge in [0.05, 0.1) is 5.92 Å². The molecule has 0 bridgehead atoms. The Morgan fingerprint density at radius 2 is 1.96 bits per heavy atom. The standard InChI is InChI=1S/C19H24N2O4/c1-11-8-15(12-4-3-5-12)25-19(24)16(11)18(23)21-9-13-6-7-20(2)17(22)14(13)10-21/h8,12-14H,3-7,9-10H2,1-2H3/t13-,14+/m1/s1. The van der Waals surface area contributed by atoms with E-state index in [1.807, 2.05) is 6.07 Å². The zero-order valence-electron chi connectivity index (χ0n) is 14.8. The second kappa shape index (κ2) is 6.00. The van der Waals surface area contributed by atoms with E-state index in [4.69, 9.17) is 4.42 Å². The van der Waals surface area contributed by atoms with Gasteiger partial charge in [-0.1, -0.05) is 6.42 Å². The van der Waals surface area contributed by atoms with Crippen molar-refractivity contribution in [2.45, 2.75) is 38.5 Å². The van der Waals surface area contributed by atoms with Gasteiger partial charge in [0.1, 0.15) is 11.3 Å². The summed E-state index contributed by atoms with van der Waals surface area (Å²) in [6.07, 6.45) is 4.15. The van der Waals surface area contributed by atoms with Crippen LogP contribution in [0.1, 0.15) is 53.3 Å². The Balaban J connectivity index is 1.57. The number of nitrogens with zero attached hydrogens (tertiary/aromatic N) is 2. The molecule has 4 rings (SSSR count). The minimum absolute atomic E-state index is 0.107. The third kappa shape index (κ3) is 2.68. The van der Waals surface area contributed by atoms with Gasteiger partial charge in [0, 0.05) is 32.6 Å². The molecule has 0 spiro atoms. The second-order valence-corrected chi connectivity index (χ2v) is 7.75. The third-order valence-electron chi connectivity index (χ3n) is 6.15. The molecule has 3 aliphatic rings. The van der Waals surface area contributed by atoms with Crippen LogP contribution in [0.25, 0.3) is 0 Å². The minimum Gasteiger partial charge on any atom is -0.427 e. The largest absolute Gasteiger partial charge is 0.427 e. The van der Waals surface area contributed by atoms with Gasteiger partial charge in [-0.15, -0.1) is 0 Å². The molecule has 2 aliphatic heterocycles. The summed E-state index contributed by atoms with van der Waals surface area (Å²) < 4.78 is 5.45. The molecular formula is C19H24N2O4. The highest BCUT2D eigenvalue weighted by atomic mass is 16.4. The summed E-state index contributed by atoms with van der Waals surface area (Å²) in [6.45, 7) is 3.48. The fourth-order valence-electron chi connectivity index (χ4n) is 4.30. The number of fused-ring (bicyclic) bond motifs is 1. The molecule has 2 atom stereocenters. The number of carbonyl (C=O) groups excluding carboxylic acids is 2. The average Bonchev–Trinajstić information content (AvgIpc) is 2.93. The molecule has 0 aromatic carbocycles. The van der Waals surface area contributed by atoms with Gasteiger partial charge in [-0.05, 0) is 43.7 Å². The molecule has 1 saturated carbocycles. The number of rotatable bonds is 2. The minimum atomic E-state index is -0.537. The molecule has 2 saturated heterocycles. The van der Waals surface area contributed by atoms with Crippen LogP contribution in [-0.2, 0) is 4.79 Å². The first-order valence-corrected chi connectivity index (χ1v) is 9.14. The lowest BCUT2D eigenvalue weighted by molar-refractivity contribution is -0.137. The third-order valence-corrected chi connectivity index (χ3v) is 6.15. The van der Waals surface area contributed by atoms with Crippen molar-refractivity contribution in [2.75, 3.05) is 26.7 Å². The number of carbonyl (C=O) groups is 2. The van der Waals surface area contributed by atoms with Crippen LogP contribution in [0.3, 0.4) is 0 Å². The summed E-state index contributed by atoms with van der Waals surface area (Å²) in [4.78, 5) is 41.1. The van der Waals surface area contributed by atoms with E-state index in [9.17, 15) is 14.4 Å². The van der Waals surface area contributed by atoms with Crippen LogP contribution in [0.15, 0.2) is 15.3 Å². The second-order valence-electron chi connectivity index (χ2n) is 7.75. The molecule has 1 aromatic heterocycles. The van der Waals surface area contributed by atoms with E-state index in [2.05, 4.69) is 0 Å². The van der Waals surface area contributed by atoms with Crippen LogP contribution in [-0.4, -0.2) is 48.3 Å². The van der Waals surface area contributed by atoms with Crippen molar-refractivity contribution < 1.29 is 14.0 Å². The Morgan fingerprint density at radius 3 is 2.60 bits per heavy atom. The average molecular weight is 344 g/mol. The molecule has 3 fully saturated rings. The zero-order chi connectivity index (χ0) is 17.7. The summed E-state index contributed by atoms with van der Waals surface area (Å²) in [7, 11) is 1.81. The number of aryl methyl sites for hydroxylation is 1. The van der Waals surface area contributed by atoms with Crippen LogP contribution < -0.4 is 5.63 Å². The van der Waals surface area contributed by atoms with Crippen molar-refractivity contribution in [1.29, 1.82) is 0 Å². The van der Waals surface area contributed by atoms with E-state index >= 15 is 0 Å². The number of hydrogen-bond acceptors (Lipinski definition) is 4. The lowest BCUT2D eigenvalue weighted by atomic mass is 9.83. The summed E-state index contributed by atoms with van der Waals surface area (Å²) in [5.74, 6) is 0.904. The topological polar surface area (TPSA) is 70.8 Å². The van der Waals surface area contributed by atoms with E-state index in [1.54, 1.807) is 23.8 Å². The predicted molar refractivity (Wildman–Crippen MR) is 91.4 cm³/mol. The Morgan fingerprint density at radius 1 is 1.20 bits per heavy atom. The molecule has 6 heteroatoms. The van der Waals surface area contributed by atoms with Crippen molar-refractivity contribution >= 4 is 11.8 Å². The van der Waals surface area contributed by atoms with Gasteiger partial charge in [-0.25, -0.2) is 4.79 Å². The van der Waals surface area contributed by atoms with Crippen molar-refractivity contribution in [3.05, 3.63) is 33.4 Å². The number of hydrogen-bond donors (Lipinski definition) is 0. The zero-order valence-corrected chi connectivity index (χ0v) is 14.8. The quantitative estimate of drug-likeness (QED) is 0.820. The van der Waals surface area contributed by atoms with E-state index in [1.165, 1.54) is 0 Å². The molecule has 0 N–H and O–H groups in total. The monoisotopic (exact) mass is 344 g/mol. The molecule has 0 radical (unpaired) electrons. The first-order valence-electron chi connectivity index (χ1n) is 9.14. The Labute approximate surface area is 146 Å². The SMILES string of the molecule is Cc1cc(C2CCC2)oc(=O)c1C(=O)N1C[C@H]2CCN(C)C(=O)[C@H]2C1. The Bertz CT molecular complexity index is 780. The van der Waals surface area contributed by atoms with Crippen LogP contribution in [0, 0.1) is 18.8 Å². The maximum atomic E-state index is 12.9. The van der Waals surface area contributed by atoms with Crippen LogP contribution in [0.4, 0.5) is 0 Å². The highest BCUT2D eigenvalue weighted by Gasteiger charge is 2.44. The van der Waals surface area contributed by atoms with Crippen LogP contribution in [0.2, 0.25) is 0 Å². The molecule has 25 heavy (non-hydrogen) atoms. The first-order chi connectivity index (χ1) is 12.0. The molecule has 0 unspecified atom stereocenters. The number of piperidine rings is 1. The molecule has 1 aliphatic carbocycles. The fourth-order valence-corrected chi connectivity index (χ4v) is 4.30. The normalized spacial score (nSPS) is 26.6. The van der Waals surface area contributed by atoms with E-state index in [0.29, 0.717) is 30.3 Å². The maximum absolute atomic E-state index is 12.9. The Kier molecular flexibility index (Phi) is 3.93. The summed E-state index contributed by atoms with van der Waals surface area (Å²) in [6, 6.07) is 1.85. The fraction of sp³-hybridized carbons (Fsp3) is 0.632. The summed E-state index contributed by atoms with van der Waals surface area (Å²) >= 11 is 0. The summed E-state index contributed by atoms with van der Waals surface area (Å²) in [5.41, 5.74) is 0.272.